The Balaban J connectivity index is 1.92. The normalized spacial score (nSPS) is 12.7. The minimum Gasteiger partial charge on any atom is -0.490 e. The molecule has 2 aromatic rings. The van der Waals surface area contributed by atoms with Crippen molar-refractivity contribution in [2.75, 3.05) is 20.2 Å². The van der Waals surface area contributed by atoms with Crippen molar-refractivity contribution in [1.29, 1.82) is 0 Å². The molecule has 0 spiro atoms. The van der Waals surface area contributed by atoms with Crippen LogP contribution in [0.25, 0.3) is 0 Å². The second-order valence-corrected chi connectivity index (χ2v) is 5.12. The lowest BCUT2D eigenvalue weighted by Gasteiger charge is -2.21. The van der Waals surface area contributed by atoms with Crippen LogP contribution in [0.5, 0.6) is 5.75 Å². The number of carbonyl (C=O) groups is 1. The molecule has 5 nitrogen and oxygen atoms in total. The molecule has 0 aliphatic heterocycles. The summed E-state index contributed by atoms with van der Waals surface area (Å²) in [6.07, 6.45) is -4.36. The van der Waals surface area contributed by atoms with Crippen LogP contribution in [0.3, 0.4) is 0 Å². The van der Waals surface area contributed by atoms with Crippen LogP contribution in [-0.2, 0) is 6.18 Å². The second-order valence-electron chi connectivity index (χ2n) is 5.12. The third kappa shape index (κ3) is 4.51. The SMILES string of the molecule is CN(CC(O)COc1ccccc1C(F)(F)F)C(=O)c1ccco1. The fourth-order valence-electron chi connectivity index (χ4n) is 2.05. The van der Waals surface area contributed by atoms with E-state index < -0.39 is 23.8 Å². The summed E-state index contributed by atoms with van der Waals surface area (Å²) in [5, 5.41) is 9.89. The van der Waals surface area contributed by atoms with Crippen molar-refractivity contribution >= 4 is 5.91 Å². The molecule has 1 unspecified atom stereocenters. The number of para-hydroxylation sites is 1. The Morgan fingerprint density at radius 1 is 1.29 bits per heavy atom. The van der Waals surface area contributed by atoms with E-state index in [0.29, 0.717) is 0 Å². The average molecular weight is 343 g/mol. The molecule has 1 amide bonds. The average Bonchev–Trinajstić information content (AvgIpc) is 3.06. The fraction of sp³-hybridized carbons (Fsp3) is 0.312. The maximum atomic E-state index is 12.8. The molecule has 1 atom stereocenters. The largest absolute Gasteiger partial charge is 0.490 e. The first-order valence-corrected chi connectivity index (χ1v) is 7.05. The van der Waals surface area contributed by atoms with E-state index in [1.165, 1.54) is 42.5 Å². The molecule has 1 aromatic heterocycles. The lowest BCUT2D eigenvalue weighted by molar-refractivity contribution is -0.139. The van der Waals surface area contributed by atoms with E-state index in [1.807, 2.05) is 0 Å². The number of halogens is 3. The minimum atomic E-state index is -4.55. The quantitative estimate of drug-likeness (QED) is 0.876. The molecule has 1 heterocycles. The first-order valence-electron chi connectivity index (χ1n) is 7.05. The van der Waals surface area contributed by atoms with E-state index in [0.717, 1.165) is 6.07 Å². The number of aliphatic hydroxyl groups excluding tert-OH is 1. The van der Waals surface area contributed by atoms with E-state index in [4.69, 9.17) is 9.15 Å². The van der Waals surface area contributed by atoms with E-state index in [9.17, 15) is 23.1 Å². The summed E-state index contributed by atoms with van der Waals surface area (Å²) in [4.78, 5) is 13.1. The topological polar surface area (TPSA) is 62.9 Å². The fourth-order valence-corrected chi connectivity index (χ4v) is 2.05. The van der Waals surface area contributed by atoms with Crippen molar-refractivity contribution in [1.82, 2.24) is 4.90 Å². The van der Waals surface area contributed by atoms with Gasteiger partial charge in [-0.3, -0.25) is 4.79 Å². The maximum Gasteiger partial charge on any atom is 0.419 e. The number of nitrogens with zero attached hydrogens (tertiary/aromatic N) is 1. The van der Waals surface area contributed by atoms with Crippen LogP contribution >= 0.6 is 0 Å². The molecule has 0 saturated heterocycles. The molecule has 130 valence electrons. The van der Waals surface area contributed by atoms with Gasteiger partial charge in [-0.1, -0.05) is 12.1 Å². The number of aliphatic hydroxyl groups is 1. The van der Waals surface area contributed by atoms with Gasteiger partial charge in [0.15, 0.2) is 5.76 Å². The number of carbonyl (C=O) groups excluding carboxylic acids is 1. The van der Waals surface area contributed by atoms with E-state index in [2.05, 4.69) is 0 Å². The molecule has 0 aliphatic carbocycles. The molecule has 1 N–H and O–H groups in total. The van der Waals surface area contributed by atoms with Crippen LogP contribution in [0.1, 0.15) is 16.1 Å². The summed E-state index contributed by atoms with van der Waals surface area (Å²) in [5.74, 6) is -0.716. The highest BCUT2D eigenvalue weighted by Gasteiger charge is 2.34. The lowest BCUT2D eigenvalue weighted by atomic mass is 10.2. The van der Waals surface area contributed by atoms with E-state index >= 15 is 0 Å². The predicted molar refractivity (Wildman–Crippen MR) is 78.6 cm³/mol. The van der Waals surface area contributed by atoms with E-state index in [-0.39, 0.29) is 24.7 Å². The molecule has 2 rings (SSSR count). The summed E-state index contributed by atoms with van der Waals surface area (Å²) in [7, 11) is 1.44. The van der Waals surface area contributed by atoms with Crippen molar-refractivity contribution in [2.45, 2.75) is 12.3 Å². The molecule has 0 fully saturated rings. The van der Waals surface area contributed by atoms with Crippen LogP contribution in [0, 0.1) is 0 Å². The highest BCUT2D eigenvalue weighted by atomic mass is 19.4. The zero-order valence-electron chi connectivity index (χ0n) is 12.8. The van der Waals surface area contributed by atoms with Gasteiger partial charge in [-0.05, 0) is 24.3 Å². The molecule has 24 heavy (non-hydrogen) atoms. The standard InChI is InChI=1S/C16H16F3NO4/c1-20(15(22)14-7-4-8-23-14)9-11(21)10-24-13-6-3-2-5-12(13)16(17,18)19/h2-8,11,21H,9-10H2,1H3. The Bertz CT molecular complexity index is 670. The summed E-state index contributed by atoms with van der Waals surface area (Å²) in [6, 6.07) is 7.75. The van der Waals surface area contributed by atoms with Gasteiger partial charge in [0.25, 0.3) is 5.91 Å². The number of benzene rings is 1. The number of hydrogen-bond donors (Lipinski definition) is 1. The van der Waals surface area contributed by atoms with Gasteiger partial charge >= 0.3 is 6.18 Å². The van der Waals surface area contributed by atoms with Crippen LogP contribution in [0.15, 0.2) is 47.1 Å². The summed E-state index contributed by atoms with van der Waals surface area (Å²) in [5.41, 5.74) is -0.919. The van der Waals surface area contributed by atoms with Crippen molar-refractivity contribution in [3.8, 4) is 5.75 Å². The zero-order chi connectivity index (χ0) is 17.7. The first-order chi connectivity index (χ1) is 11.3. The number of alkyl halides is 3. The Labute approximate surface area is 136 Å². The van der Waals surface area contributed by atoms with Crippen LogP contribution < -0.4 is 4.74 Å². The Kier molecular flexibility index (Phi) is 5.50. The highest BCUT2D eigenvalue weighted by molar-refractivity contribution is 5.91. The zero-order valence-corrected chi connectivity index (χ0v) is 12.8. The lowest BCUT2D eigenvalue weighted by Crippen LogP contribution is -2.37. The van der Waals surface area contributed by atoms with Gasteiger partial charge in [0, 0.05) is 7.05 Å². The molecule has 1 aromatic carbocycles. The van der Waals surface area contributed by atoms with Crippen molar-refractivity contribution in [3.63, 3.8) is 0 Å². The summed E-state index contributed by atoms with van der Waals surface area (Å²) >= 11 is 0. The first kappa shape index (κ1) is 17.9. The molecule has 0 saturated carbocycles. The van der Waals surface area contributed by atoms with Crippen molar-refractivity contribution in [3.05, 3.63) is 54.0 Å². The van der Waals surface area contributed by atoms with Crippen LogP contribution in [-0.4, -0.2) is 42.2 Å². The molecule has 0 radical (unpaired) electrons. The van der Waals surface area contributed by atoms with Gasteiger partial charge in [0.05, 0.1) is 18.4 Å². The molecule has 8 heteroatoms. The van der Waals surface area contributed by atoms with Crippen LogP contribution in [0.4, 0.5) is 13.2 Å². The Morgan fingerprint density at radius 2 is 2.00 bits per heavy atom. The Morgan fingerprint density at radius 3 is 2.62 bits per heavy atom. The third-order valence-electron chi connectivity index (χ3n) is 3.19. The van der Waals surface area contributed by atoms with Crippen molar-refractivity contribution in [2.24, 2.45) is 0 Å². The highest BCUT2D eigenvalue weighted by Crippen LogP contribution is 2.35. The van der Waals surface area contributed by atoms with E-state index in [1.54, 1.807) is 6.07 Å². The number of likely N-dealkylation sites (N-methyl/N-ethyl adjacent to an activating group) is 1. The molecular formula is C16H16F3NO4. The van der Waals surface area contributed by atoms with Gasteiger partial charge in [-0.2, -0.15) is 13.2 Å². The van der Waals surface area contributed by atoms with Gasteiger partial charge in [-0.25, -0.2) is 0 Å². The van der Waals surface area contributed by atoms with Crippen LogP contribution in [0.2, 0.25) is 0 Å². The maximum absolute atomic E-state index is 12.8. The summed E-state index contributed by atoms with van der Waals surface area (Å²) in [6.45, 7) is -0.503. The molecule has 0 aliphatic rings. The predicted octanol–water partition coefficient (Wildman–Crippen LogP) is 2.81. The number of hydrogen-bond acceptors (Lipinski definition) is 4. The second kappa shape index (κ2) is 7.39. The minimum absolute atomic E-state index is 0.105. The number of furan rings is 1. The van der Waals surface area contributed by atoms with Gasteiger partial charge < -0.3 is 19.2 Å². The van der Waals surface area contributed by atoms with Gasteiger partial charge in [0.1, 0.15) is 18.5 Å². The third-order valence-corrected chi connectivity index (χ3v) is 3.19. The molecular weight excluding hydrogens is 327 g/mol. The Hall–Kier alpha value is -2.48. The van der Waals surface area contributed by atoms with Gasteiger partial charge in [0.2, 0.25) is 0 Å². The number of ether oxygens (including phenoxy) is 1. The van der Waals surface area contributed by atoms with Gasteiger partial charge in [-0.15, -0.1) is 0 Å². The van der Waals surface area contributed by atoms with Crippen molar-refractivity contribution < 1.29 is 32.2 Å². The number of rotatable bonds is 6. The smallest absolute Gasteiger partial charge is 0.419 e. The monoisotopic (exact) mass is 343 g/mol. The number of amides is 1. The molecule has 0 bridgehead atoms. The summed E-state index contributed by atoms with van der Waals surface area (Å²) < 4.78 is 48.5.